The highest BCUT2D eigenvalue weighted by atomic mass is 16.2. The average Bonchev–Trinajstić information content (AvgIpc) is 3.49. The van der Waals surface area contributed by atoms with Crippen molar-refractivity contribution >= 4 is 34.4 Å². The molecule has 2 atom stereocenters. The van der Waals surface area contributed by atoms with E-state index in [4.69, 9.17) is 0 Å². The zero-order chi connectivity index (χ0) is 27.2. The lowest BCUT2D eigenvalue weighted by Gasteiger charge is -2.36. The summed E-state index contributed by atoms with van der Waals surface area (Å²) in [7, 11) is 0. The van der Waals surface area contributed by atoms with Crippen molar-refractivity contribution in [2.24, 2.45) is 0 Å². The SMILES string of the molecule is O=C(NCc1ccccc1)c1ccccc1N1C(=O)[C@@H]2Cc3c([nH]c4ccccc34)[C@@H](c3ccccc3)N2C1=O. The maximum atomic E-state index is 14.2. The molecule has 4 amide bonds. The lowest BCUT2D eigenvalue weighted by atomic mass is 9.89. The van der Waals surface area contributed by atoms with Crippen LogP contribution in [0.1, 0.15) is 38.8 Å². The van der Waals surface area contributed by atoms with Gasteiger partial charge in [0.15, 0.2) is 0 Å². The number of hydrogen-bond donors (Lipinski definition) is 2. The van der Waals surface area contributed by atoms with Crippen LogP contribution >= 0.6 is 0 Å². The Balaban J connectivity index is 1.28. The number of imide groups is 1. The van der Waals surface area contributed by atoms with Crippen molar-refractivity contribution in [2.45, 2.75) is 25.0 Å². The van der Waals surface area contributed by atoms with Crippen LogP contribution in [0.15, 0.2) is 109 Å². The smallest absolute Gasteiger partial charge is 0.332 e. The van der Waals surface area contributed by atoms with Gasteiger partial charge in [-0.3, -0.25) is 14.5 Å². The standard InChI is InChI=1S/C33H26N4O3/c38-31(34-20-21-11-3-1-4-12-21)24-16-8-10-18-27(24)37-32(39)28-19-25-23-15-7-9-17-26(23)35-29(25)30(36(28)33(37)40)22-13-5-2-6-14-22/h1-18,28,30,35H,19-20H2,(H,34,38)/t28-,30+/m0/s1. The van der Waals surface area contributed by atoms with E-state index in [1.165, 1.54) is 4.90 Å². The molecule has 7 rings (SSSR count). The molecule has 0 radical (unpaired) electrons. The largest absolute Gasteiger partial charge is 0.356 e. The summed E-state index contributed by atoms with van der Waals surface area (Å²) in [6.07, 6.45) is 0.395. The third-order valence-corrected chi connectivity index (χ3v) is 7.85. The summed E-state index contributed by atoms with van der Waals surface area (Å²) in [5, 5.41) is 3.98. The van der Waals surface area contributed by atoms with E-state index in [1.54, 1.807) is 29.2 Å². The van der Waals surface area contributed by atoms with Gasteiger partial charge in [0.1, 0.15) is 12.1 Å². The third-order valence-electron chi connectivity index (χ3n) is 7.85. The van der Waals surface area contributed by atoms with Crippen LogP contribution in [0.4, 0.5) is 10.5 Å². The number of urea groups is 1. The molecule has 2 aliphatic heterocycles. The van der Waals surface area contributed by atoms with Gasteiger partial charge in [-0.15, -0.1) is 0 Å². The first-order chi connectivity index (χ1) is 19.6. The van der Waals surface area contributed by atoms with Gasteiger partial charge in [0.25, 0.3) is 11.8 Å². The normalized spacial score (nSPS) is 18.1. The van der Waals surface area contributed by atoms with Crippen molar-refractivity contribution < 1.29 is 14.4 Å². The number of carbonyl (C=O) groups excluding carboxylic acids is 3. The lowest BCUT2D eigenvalue weighted by Crippen LogP contribution is -2.44. The number of benzene rings is 4. The highest BCUT2D eigenvalue weighted by Gasteiger charge is 2.53. The molecule has 0 unspecified atom stereocenters. The summed E-state index contributed by atoms with van der Waals surface area (Å²) in [6, 6.07) is 32.6. The Morgan fingerprint density at radius 2 is 1.50 bits per heavy atom. The Kier molecular flexibility index (Phi) is 5.70. The number of aromatic nitrogens is 1. The number of nitrogens with one attached hydrogen (secondary N) is 2. The molecule has 2 aliphatic rings. The molecule has 40 heavy (non-hydrogen) atoms. The minimum absolute atomic E-state index is 0.278. The number of para-hydroxylation sites is 2. The number of nitrogens with zero attached hydrogens (tertiary/aromatic N) is 2. The van der Waals surface area contributed by atoms with Crippen LogP contribution in [0.2, 0.25) is 0 Å². The van der Waals surface area contributed by atoms with E-state index < -0.39 is 18.1 Å². The molecule has 1 aromatic heterocycles. The summed E-state index contributed by atoms with van der Waals surface area (Å²) in [5.41, 5.74) is 5.38. The number of fused-ring (bicyclic) bond motifs is 4. The number of anilines is 1. The number of H-pyrrole nitrogens is 1. The molecule has 0 aliphatic carbocycles. The van der Waals surface area contributed by atoms with Gasteiger partial charge in [0.2, 0.25) is 0 Å². The van der Waals surface area contributed by atoms with Crippen molar-refractivity contribution in [3.05, 3.63) is 137 Å². The minimum atomic E-state index is -0.690. The van der Waals surface area contributed by atoms with E-state index in [0.717, 1.165) is 33.3 Å². The van der Waals surface area contributed by atoms with Crippen LogP contribution in [0, 0.1) is 0 Å². The van der Waals surface area contributed by atoms with E-state index in [9.17, 15) is 14.4 Å². The maximum Gasteiger partial charge on any atom is 0.332 e. The van der Waals surface area contributed by atoms with Gasteiger partial charge in [0.05, 0.1) is 11.3 Å². The fraction of sp³-hybridized carbons (Fsp3) is 0.121. The van der Waals surface area contributed by atoms with Gasteiger partial charge < -0.3 is 10.3 Å². The number of rotatable bonds is 5. The van der Waals surface area contributed by atoms with E-state index in [2.05, 4.69) is 10.3 Å². The Morgan fingerprint density at radius 1 is 0.825 bits per heavy atom. The summed E-state index contributed by atoms with van der Waals surface area (Å²) in [6.45, 7) is 0.336. The van der Waals surface area contributed by atoms with Crippen LogP contribution in [-0.4, -0.2) is 33.8 Å². The van der Waals surface area contributed by atoms with Crippen molar-refractivity contribution in [3.63, 3.8) is 0 Å². The van der Waals surface area contributed by atoms with Gasteiger partial charge in [-0.25, -0.2) is 9.69 Å². The molecule has 0 saturated carbocycles. The number of aromatic amines is 1. The van der Waals surface area contributed by atoms with Gasteiger partial charge in [-0.1, -0.05) is 91.0 Å². The topological polar surface area (TPSA) is 85.5 Å². The zero-order valence-corrected chi connectivity index (χ0v) is 21.6. The molecule has 2 N–H and O–H groups in total. The molecule has 7 heteroatoms. The first-order valence-corrected chi connectivity index (χ1v) is 13.3. The van der Waals surface area contributed by atoms with Crippen LogP contribution in [0.25, 0.3) is 10.9 Å². The highest BCUT2D eigenvalue weighted by molar-refractivity contribution is 6.24. The number of amides is 4. The van der Waals surface area contributed by atoms with Crippen molar-refractivity contribution in [2.75, 3.05) is 4.90 Å². The van der Waals surface area contributed by atoms with E-state index >= 15 is 0 Å². The van der Waals surface area contributed by atoms with E-state index in [0.29, 0.717) is 13.0 Å². The minimum Gasteiger partial charge on any atom is -0.356 e. The summed E-state index contributed by atoms with van der Waals surface area (Å²) in [5.74, 6) is -0.675. The van der Waals surface area contributed by atoms with Crippen molar-refractivity contribution in [1.29, 1.82) is 0 Å². The van der Waals surface area contributed by atoms with Gasteiger partial charge in [-0.05, 0) is 34.9 Å². The van der Waals surface area contributed by atoms with Gasteiger partial charge >= 0.3 is 6.03 Å². The molecule has 4 aromatic carbocycles. The lowest BCUT2D eigenvalue weighted by molar-refractivity contribution is -0.120. The molecule has 3 heterocycles. The van der Waals surface area contributed by atoms with Crippen LogP contribution in [0.3, 0.4) is 0 Å². The second kappa shape index (κ2) is 9.54. The predicted molar refractivity (Wildman–Crippen MR) is 153 cm³/mol. The number of carbonyl (C=O) groups is 3. The molecule has 5 aromatic rings. The average molecular weight is 527 g/mol. The first-order valence-electron chi connectivity index (χ1n) is 13.3. The maximum absolute atomic E-state index is 14.2. The van der Waals surface area contributed by atoms with Crippen molar-refractivity contribution in [1.82, 2.24) is 15.2 Å². The third kappa shape index (κ3) is 3.78. The van der Waals surface area contributed by atoms with Crippen LogP contribution in [-0.2, 0) is 17.8 Å². The van der Waals surface area contributed by atoms with Crippen molar-refractivity contribution in [3.8, 4) is 0 Å². The van der Waals surface area contributed by atoms with Crippen LogP contribution in [0.5, 0.6) is 0 Å². The molecular formula is C33H26N4O3. The summed E-state index contributed by atoms with van der Waals surface area (Å²) < 4.78 is 0. The summed E-state index contributed by atoms with van der Waals surface area (Å²) >= 11 is 0. The Hall–Kier alpha value is -5.17. The van der Waals surface area contributed by atoms with Gasteiger partial charge in [-0.2, -0.15) is 0 Å². The monoisotopic (exact) mass is 526 g/mol. The molecule has 7 nitrogen and oxygen atoms in total. The summed E-state index contributed by atoms with van der Waals surface area (Å²) in [4.78, 5) is 48.0. The van der Waals surface area contributed by atoms with E-state index in [1.807, 2.05) is 84.9 Å². The molecular weight excluding hydrogens is 500 g/mol. The fourth-order valence-electron chi connectivity index (χ4n) is 6.01. The van der Waals surface area contributed by atoms with Gasteiger partial charge in [0, 0.05) is 29.6 Å². The Bertz CT molecular complexity index is 1760. The Labute approximate surface area is 231 Å². The highest BCUT2D eigenvalue weighted by Crippen LogP contribution is 2.45. The second-order valence-electron chi connectivity index (χ2n) is 10.1. The molecule has 1 saturated heterocycles. The molecule has 0 spiro atoms. The molecule has 0 bridgehead atoms. The van der Waals surface area contributed by atoms with E-state index in [-0.39, 0.29) is 23.1 Å². The molecule has 196 valence electrons. The van der Waals surface area contributed by atoms with Crippen LogP contribution < -0.4 is 10.2 Å². The molecule has 1 fully saturated rings. The first kappa shape index (κ1) is 23.9. The Morgan fingerprint density at radius 3 is 2.30 bits per heavy atom. The predicted octanol–water partition coefficient (Wildman–Crippen LogP) is 5.58. The number of hydrogen-bond acceptors (Lipinski definition) is 3. The fourth-order valence-corrected chi connectivity index (χ4v) is 6.01. The quantitative estimate of drug-likeness (QED) is 0.293. The second-order valence-corrected chi connectivity index (χ2v) is 10.1. The zero-order valence-electron chi connectivity index (χ0n) is 21.6.